The molecule has 196 valence electrons. The van der Waals surface area contributed by atoms with Crippen LogP contribution in [0.25, 0.3) is 0 Å². The Labute approximate surface area is 208 Å². The zero-order chi connectivity index (χ0) is 26.0. The van der Waals surface area contributed by atoms with Crippen LogP contribution < -0.4 is 14.2 Å². The summed E-state index contributed by atoms with van der Waals surface area (Å²) in [7, 11) is -4.12. The lowest BCUT2D eigenvalue weighted by atomic mass is 10.1. The number of nitro groups is 1. The summed E-state index contributed by atoms with van der Waals surface area (Å²) in [6, 6.07) is 4.86. The van der Waals surface area contributed by atoms with Gasteiger partial charge in [-0.15, -0.1) is 11.8 Å². The second-order valence-corrected chi connectivity index (χ2v) is 9.58. The monoisotopic (exact) mass is 525 g/mol. The highest BCUT2D eigenvalue weighted by Crippen LogP contribution is 2.52. The molecule has 36 heavy (non-hydrogen) atoms. The van der Waals surface area contributed by atoms with E-state index in [1.165, 1.54) is 24.3 Å². The predicted molar refractivity (Wildman–Crippen MR) is 124 cm³/mol. The second kappa shape index (κ2) is 13.1. The molecule has 2 N–H and O–H groups in total. The van der Waals surface area contributed by atoms with Gasteiger partial charge in [-0.3, -0.25) is 10.1 Å². The van der Waals surface area contributed by atoms with Crippen molar-refractivity contribution in [3.63, 3.8) is 0 Å². The standard InChI is InChI=1S/C22H27N3O10S/c26-21(34-15-20-18-5-3-1-2-4-6-19(18)20)24-36(30,31)23-11-12-32-13-14-33-22(27)35-17-9-7-16(8-10-17)25(28)29/h7-10,18-20,23H,3-6,11-15H2,(H,24,26). The summed E-state index contributed by atoms with van der Waals surface area (Å²) >= 11 is 0. The maximum atomic E-state index is 11.9. The van der Waals surface area contributed by atoms with Crippen LogP contribution in [-0.2, 0) is 24.4 Å². The van der Waals surface area contributed by atoms with Gasteiger partial charge in [-0.05, 0) is 42.7 Å². The molecule has 1 amide bonds. The molecule has 3 rings (SSSR count). The number of carbonyl (C=O) groups is 2. The average molecular weight is 526 g/mol. The number of fused-ring (bicyclic) bond motifs is 1. The van der Waals surface area contributed by atoms with E-state index in [1.54, 1.807) is 4.72 Å². The summed E-state index contributed by atoms with van der Waals surface area (Å²) in [6.07, 6.45) is 1.54. The molecule has 0 saturated heterocycles. The highest BCUT2D eigenvalue weighted by molar-refractivity contribution is 7.88. The molecule has 1 aromatic rings. The van der Waals surface area contributed by atoms with E-state index in [2.05, 4.69) is 16.6 Å². The third kappa shape index (κ3) is 8.99. The van der Waals surface area contributed by atoms with E-state index in [-0.39, 0.29) is 50.3 Å². The number of benzene rings is 1. The number of amides is 1. The van der Waals surface area contributed by atoms with Gasteiger partial charge in [0.05, 0.1) is 24.7 Å². The zero-order valence-electron chi connectivity index (χ0n) is 19.3. The van der Waals surface area contributed by atoms with Crippen molar-refractivity contribution >= 4 is 28.1 Å². The SMILES string of the molecule is O=C(NS(=O)(=O)NCCOCCOC(=O)Oc1ccc([N+](=O)[O-])cc1)OCC1C2CCC#CCCC21. The lowest BCUT2D eigenvalue weighted by molar-refractivity contribution is -0.384. The number of non-ortho nitro benzene ring substituents is 1. The Morgan fingerprint density at radius 3 is 2.33 bits per heavy atom. The maximum absolute atomic E-state index is 11.9. The van der Waals surface area contributed by atoms with Crippen LogP contribution in [0.2, 0.25) is 0 Å². The van der Waals surface area contributed by atoms with Crippen molar-refractivity contribution in [2.45, 2.75) is 25.7 Å². The van der Waals surface area contributed by atoms with E-state index in [0.29, 0.717) is 11.8 Å². The Morgan fingerprint density at radius 1 is 1.03 bits per heavy atom. The largest absolute Gasteiger partial charge is 0.513 e. The smallest absolute Gasteiger partial charge is 0.449 e. The zero-order valence-corrected chi connectivity index (χ0v) is 20.2. The molecule has 0 radical (unpaired) electrons. The van der Waals surface area contributed by atoms with Gasteiger partial charge in [0.2, 0.25) is 0 Å². The molecule has 2 aliphatic rings. The van der Waals surface area contributed by atoms with E-state index in [9.17, 15) is 28.1 Å². The number of carbonyl (C=O) groups excluding carboxylic acids is 2. The Balaban J connectivity index is 1.21. The molecule has 0 heterocycles. The van der Waals surface area contributed by atoms with Crippen LogP contribution in [0.4, 0.5) is 15.3 Å². The summed E-state index contributed by atoms with van der Waals surface area (Å²) < 4.78 is 47.7. The maximum Gasteiger partial charge on any atom is 0.513 e. The Hall–Kier alpha value is -3.41. The van der Waals surface area contributed by atoms with Crippen molar-refractivity contribution in [3.8, 4) is 17.6 Å². The highest BCUT2D eigenvalue weighted by atomic mass is 32.2. The van der Waals surface area contributed by atoms with Crippen molar-refractivity contribution in [3.05, 3.63) is 34.4 Å². The fourth-order valence-corrected chi connectivity index (χ4v) is 4.63. The molecule has 2 unspecified atom stereocenters. The van der Waals surface area contributed by atoms with E-state index in [1.807, 2.05) is 0 Å². The Bertz CT molecular complexity index is 1080. The molecule has 0 aromatic heterocycles. The van der Waals surface area contributed by atoms with Gasteiger partial charge in [0, 0.05) is 31.5 Å². The third-order valence-electron chi connectivity index (χ3n) is 5.70. The van der Waals surface area contributed by atoms with Crippen LogP contribution >= 0.6 is 0 Å². The number of rotatable bonds is 12. The van der Waals surface area contributed by atoms with Gasteiger partial charge in [-0.25, -0.2) is 14.3 Å². The molecule has 1 saturated carbocycles. The van der Waals surface area contributed by atoms with Gasteiger partial charge >= 0.3 is 22.5 Å². The van der Waals surface area contributed by atoms with Gasteiger partial charge in [0.25, 0.3) is 5.69 Å². The Morgan fingerprint density at radius 2 is 1.69 bits per heavy atom. The minimum atomic E-state index is -4.12. The van der Waals surface area contributed by atoms with Gasteiger partial charge in [0.1, 0.15) is 12.4 Å². The molecule has 2 atom stereocenters. The number of hydrogen-bond acceptors (Lipinski definition) is 10. The molecule has 14 heteroatoms. The van der Waals surface area contributed by atoms with Crippen molar-refractivity contribution < 1.29 is 41.9 Å². The fraction of sp³-hybridized carbons (Fsp3) is 0.545. The van der Waals surface area contributed by atoms with Gasteiger partial charge in [0.15, 0.2) is 0 Å². The number of nitrogens with zero attached hydrogens (tertiary/aromatic N) is 1. The van der Waals surface area contributed by atoms with Crippen LogP contribution in [0, 0.1) is 39.7 Å². The average Bonchev–Trinajstić information content (AvgIpc) is 3.45. The van der Waals surface area contributed by atoms with E-state index >= 15 is 0 Å². The van der Waals surface area contributed by atoms with Crippen LogP contribution in [0.15, 0.2) is 24.3 Å². The van der Waals surface area contributed by atoms with E-state index < -0.39 is 27.4 Å². The van der Waals surface area contributed by atoms with Gasteiger partial charge in [-0.1, -0.05) is 0 Å². The molecule has 13 nitrogen and oxygen atoms in total. The summed E-state index contributed by atoms with van der Waals surface area (Å²) in [5.74, 6) is 7.48. The van der Waals surface area contributed by atoms with Crippen molar-refractivity contribution in [2.75, 3.05) is 33.0 Å². The number of nitro benzene ring substituents is 1. The van der Waals surface area contributed by atoms with Crippen LogP contribution in [-0.4, -0.2) is 58.6 Å². The topological polar surface area (TPSA) is 172 Å². The molecule has 0 spiro atoms. The first-order chi connectivity index (χ1) is 17.2. The van der Waals surface area contributed by atoms with Crippen molar-refractivity contribution in [2.24, 2.45) is 17.8 Å². The van der Waals surface area contributed by atoms with Crippen LogP contribution in [0.1, 0.15) is 25.7 Å². The van der Waals surface area contributed by atoms with Gasteiger partial charge < -0.3 is 18.9 Å². The predicted octanol–water partition coefficient (Wildman–Crippen LogP) is 2.13. The minimum absolute atomic E-state index is 0.0404. The number of hydrogen-bond donors (Lipinski definition) is 2. The van der Waals surface area contributed by atoms with E-state index in [0.717, 1.165) is 25.7 Å². The quantitative estimate of drug-likeness (QED) is 0.103. The minimum Gasteiger partial charge on any atom is -0.449 e. The summed E-state index contributed by atoms with van der Waals surface area (Å²) in [5, 5.41) is 10.6. The first kappa shape index (κ1) is 27.2. The molecule has 1 fully saturated rings. The summed E-state index contributed by atoms with van der Waals surface area (Å²) in [5.41, 5.74) is -0.149. The summed E-state index contributed by atoms with van der Waals surface area (Å²) in [4.78, 5) is 33.4. The fourth-order valence-electron chi connectivity index (χ4n) is 3.93. The lowest BCUT2D eigenvalue weighted by Gasteiger charge is -2.10. The summed E-state index contributed by atoms with van der Waals surface area (Å²) in [6.45, 7) is -0.223. The van der Waals surface area contributed by atoms with E-state index in [4.69, 9.17) is 18.9 Å². The lowest BCUT2D eigenvalue weighted by Crippen LogP contribution is -2.42. The second-order valence-electron chi connectivity index (χ2n) is 8.08. The molecule has 1 aromatic carbocycles. The van der Waals surface area contributed by atoms with Crippen molar-refractivity contribution in [1.29, 1.82) is 0 Å². The molecule has 0 bridgehead atoms. The van der Waals surface area contributed by atoms with Crippen LogP contribution in [0.3, 0.4) is 0 Å². The van der Waals surface area contributed by atoms with Crippen LogP contribution in [0.5, 0.6) is 5.75 Å². The van der Waals surface area contributed by atoms with Gasteiger partial charge in [-0.2, -0.15) is 13.1 Å². The third-order valence-corrected chi connectivity index (χ3v) is 6.72. The molecular weight excluding hydrogens is 498 g/mol. The first-order valence-corrected chi connectivity index (χ1v) is 12.8. The number of ether oxygens (including phenoxy) is 4. The molecule has 2 aliphatic carbocycles. The number of nitrogens with one attached hydrogen (secondary N) is 2. The normalized spacial score (nSPS) is 20.4. The molecule has 0 aliphatic heterocycles. The highest BCUT2D eigenvalue weighted by Gasteiger charge is 2.49. The first-order valence-electron chi connectivity index (χ1n) is 11.3. The Kier molecular flexibility index (Phi) is 9.86. The van der Waals surface area contributed by atoms with Crippen molar-refractivity contribution in [1.82, 2.24) is 9.44 Å². The molecular formula is C22H27N3O10S.